The van der Waals surface area contributed by atoms with E-state index in [0.717, 1.165) is 23.5 Å². The number of benzene rings is 1. The van der Waals surface area contributed by atoms with Gasteiger partial charge in [0, 0.05) is 18.1 Å². The van der Waals surface area contributed by atoms with Crippen molar-refractivity contribution in [2.75, 3.05) is 10.6 Å². The summed E-state index contributed by atoms with van der Waals surface area (Å²) in [5, 5.41) is 12.5. The molecule has 2 aromatic heterocycles. The van der Waals surface area contributed by atoms with E-state index >= 15 is 0 Å². The molecular formula is C15H10F3N5O2S. The molecule has 7 nitrogen and oxygen atoms in total. The summed E-state index contributed by atoms with van der Waals surface area (Å²) >= 11 is 0.957. The number of ether oxygens (including phenoxy) is 1. The van der Waals surface area contributed by atoms with Crippen LogP contribution < -0.4 is 15.4 Å². The lowest BCUT2D eigenvalue weighted by Gasteiger charge is -2.09. The number of nitrogens with one attached hydrogen (secondary N) is 2. The Morgan fingerprint density at radius 2 is 1.85 bits per heavy atom. The first-order valence-corrected chi connectivity index (χ1v) is 7.88. The molecule has 26 heavy (non-hydrogen) atoms. The van der Waals surface area contributed by atoms with Gasteiger partial charge in [-0.25, -0.2) is 4.79 Å². The van der Waals surface area contributed by atoms with Crippen LogP contribution in [0.15, 0.2) is 48.8 Å². The van der Waals surface area contributed by atoms with E-state index in [9.17, 15) is 18.0 Å². The van der Waals surface area contributed by atoms with Gasteiger partial charge >= 0.3 is 17.4 Å². The number of urea groups is 1. The second kappa shape index (κ2) is 7.35. The lowest BCUT2D eigenvalue weighted by Crippen LogP contribution is -2.19. The number of aromatic nitrogens is 3. The van der Waals surface area contributed by atoms with Crippen molar-refractivity contribution in [1.82, 2.24) is 15.2 Å². The van der Waals surface area contributed by atoms with Crippen molar-refractivity contribution in [3.05, 3.63) is 54.4 Å². The number of amides is 2. The zero-order chi connectivity index (χ0) is 18.6. The molecule has 0 saturated carbocycles. The zero-order valence-electron chi connectivity index (χ0n) is 12.8. The highest BCUT2D eigenvalue weighted by Gasteiger charge is 2.30. The molecule has 2 amide bonds. The molecule has 0 fully saturated rings. The standard InChI is InChI=1S/C15H10F3N5O2S/c16-15(17,18)9-2-1-3-10(8-9)20-12(24)21-13-22-23-14(26-13)25-11-4-6-19-7-5-11/h1-8H,(H2,20,21,22,24). The monoisotopic (exact) mass is 381 g/mol. The second-order valence-corrected chi connectivity index (χ2v) is 5.76. The normalized spacial score (nSPS) is 11.0. The van der Waals surface area contributed by atoms with Gasteiger partial charge in [-0.05, 0) is 41.7 Å². The molecule has 2 heterocycles. The Morgan fingerprint density at radius 3 is 2.58 bits per heavy atom. The van der Waals surface area contributed by atoms with E-state index in [0.29, 0.717) is 5.75 Å². The molecule has 134 valence electrons. The molecule has 3 aromatic rings. The lowest BCUT2D eigenvalue weighted by atomic mass is 10.2. The van der Waals surface area contributed by atoms with Crippen LogP contribution in [-0.4, -0.2) is 21.2 Å². The first kappa shape index (κ1) is 17.6. The largest absolute Gasteiger partial charge is 0.430 e. The number of rotatable bonds is 4. The minimum atomic E-state index is -4.49. The van der Waals surface area contributed by atoms with Crippen molar-refractivity contribution >= 4 is 28.2 Å². The van der Waals surface area contributed by atoms with Crippen LogP contribution in [0.25, 0.3) is 0 Å². The molecule has 0 unspecified atom stereocenters. The number of carbonyl (C=O) groups is 1. The molecule has 0 aliphatic heterocycles. The summed E-state index contributed by atoms with van der Waals surface area (Å²) in [6.07, 6.45) is -1.41. The summed E-state index contributed by atoms with van der Waals surface area (Å²) in [4.78, 5) is 15.7. The number of nitrogens with zero attached hydrogens (tertiary/aromatic N) is 3. The molecule has 0 saturated heterocycles. The maximum Gasteiger partial charge on any atom is 0.416 e. The van der Waals surface area contributed by atoms with E-state index in [4.69, 9.17) is 4.74 Å². The molecule has 0 atom stereocenters. The minimum Gasteiger partial charge on any atom is -0.430 e. The van der Waals surface area contributed by atoms with Crippen LogP contribution in [0.3, 0.4) is 0 Å². The van der Waals surface area contributed by atoms with Gasteiger partial charge in [-0.3, -0.25) is 10.3 Å². The van der Waals surface area contributed by atoms with E-state index in [1.165, 1.54) is 24.5 Å². The van der Waals surface area contributed by atoms with Crippen molar-refractivity contribution in [1.29, 1.82) is 0 Å². The van der Waals surface area contributed by atoms with Gasteiger partial charge < -0.3 is 10.1 Å². The Balaban J connectivity index is 1.60. The van der Waals surface area contributed by atoms with Gasteiger partial charge in [-0.2, -0.15) is 13.2 Å². The molecule has 0 aliphatic carbocycles. The van der Waals surface area contributed by atoms with Crippen LogP contribution in [0.1, 0.15) is 5.56 Å². The Morgan fingerprint density at radius 1 is 1.08 bits per heavy atom. The molecule has 1 aromatic carbocycles. The first-order valence-electron chi connectivity index (χ1n) is 7.07. The van der Waals surface area contributed by atoms with Crippen LogP contribution in [0, 0.1) is 0 Å². The Hall–Kier alpha value is -3.21. The van der Waals surface area contributed by atoms with Gasteiger partial charge in [0.15, 0.2) is 0 Å². The lowest BCUT2D eigenvalue weighted by molar-refractivity contribution is -0.137. The molecule has 0 bridgehead atoms. The third-order valence-electron chi connectivity index (χ3n) is 2.93. The third kappa shape index (κ3) is 4.66. The number of halogens is 3. The average molecular weight is 381 g/mol. The van der Waals surface area contributed by atoms with E-state index in [1.807, 2.05) is 0 Å². The molecule has 3 rings (SSSR count). The molecule has 11 heteroatoms. The third-order valence-corrected chi connectivity index (χ3v) is 3.65. The Bertz CT molecular complexity index is 902. The van der Waals surface area contributed by atoms with Crippen molar-refractivity contribution < 1.29 is 22.7 Å². The van der Waals surface area contributed by atoms with E-state index in [-0.39, 0.29) is 16.0 Å². The zero-order valence-corrected chi connectivity index (χ0v) is 13.6. The predicted molar refractivity (Wildman–Crippen MR) is 88.3 cm³/mol. The Kier molecular flexibility index (Phi) is 4.98. The number of anilines is 2. The van der Waals surface area contributed by atoms with E-state index < -0.39 is 17.8 Å². The molecular weight excluding hydrogens is 371 g/mol. The first-order chi connectivity index (χ1) is 12.4. The maximum absolute atomic E-state index is 12.7. The fourth-order valence-electron chi connectivity index (χ4n) is 1.84. The highest BCUT2D eigenvalue weighted by Crippen LogP contribution is 2.31. The molecule has 0 spiro atoms. The van der Waals surface area contributed by atoms with E-state index in [1.54, 1.807) is 12.1 Å². The van der Waals surface area contributed by atoms with E-state index in [2.05, 4.69) is 25.8 Å². The van der Waals surface area contributed by atoms with Crippen LogP contribution >= 0.6 is 11.3 Å². The van der Waals surface area contributed by atoms with Crippen LogP contribution in [0.5, 0.6) is 10.9 Å². The summed E-state index contributed by atoms with van der Waals surface area (Å²) in [5.41, 5.74) is -0.866. The smallest absolute Gasteiger partial charge is 0.416 e. The second-order valence-electron chi connectivity index (χ2n) is 4.82. The van der Waals surface area contributed by atoms with Gasteiger partial charge in [0.1, 0.15) is 5.75 Å². The van der Waals surface area contributed by atoms with Crippen molar-refractivity contribution in [2.45, 2.75) is 6.18 Å². The molecule has 0 radical (unpaired) electrons. The molecule has 0 aliphatic rings. The number of hydrogen-bond acceptors (Lipinski definition) is 6. The highest BCUT2D eigenvalue weighted by atomic mass is 32.1. The molecule has 2 N–H and O–H groups in total. The fourth-order valence-corrected chi connectivity index (χ4v) is 2.45. The summed E-state index contributed by atoms with van der Waals surface area (Å²) in [6, 6.07) is 6.77. The van der Waals surface area contributed by atoms with Crippen LogP contribution in [-0.2, 0) is 6.18 Å². The van der Waals surface area contributed by atoms with Crippen LogP contribution in [0.4, 0.5) is 28.8 Å². The van der Waals surface area contributed by atoms with Crippen molar-refractivity contribution in [2.24, 2.45) is 0 Å². The van der Waals surface area contributed by atoms with Gasteiger partial charge in [-0.1, -0.05) is 11.2 Å². The van der Waals surface area contributed by atoms with Crippen molar-refractivity contribution in [3.8, 4) is 10.9 Å². The number of carbonyl (C=O) groups excluding carboxylic acids is 1. The van der Waals surface area contributed by atoms with Gasteiger partial charge in [0.25, 0.3) is 0 Å². The van der Waals surface area contributed by atoms with Crippen molar-refractivity contribution in [3.63, 3.8) is 0 Å². The van der Waals surface area contributed by atoms with Gasteiger partial charge in [0.2, 0.25) is 5.13 Å². The summed E-state index contributed by atoms with van der Waals surface area (Å²) in [6.45, 7) is 0. The maximum atomic E-state index is 12.7. The highest BCUT2D eigenvalue weighted by molar-refractivity contribution is 7.17. The number of pyridine rings is 1. The van der Waals surface area contributed by atoms with Crippen LogP contribution in [0.2, 0.25) is 0 Å². The minimum absolute atomic E-state index is 0.00454. The number of alkyl halides is 3. The number of hydrogen-bond donors (Lipinski definition) is 2. The fraction of sp³-hybridized carbons (Fsp3) is 0.0667. The Labute approximate surface area is 148 Å². The van der Waals surface area contributed by atoms with Gasteiger partial charge in [0.05, 0.1) is 5.56 Å². The summed E-state index contributed by atoms with van der Waals surface area (Å²) < 4.78 is 43.4. The van der Waals surface area contributed by atoms with Gasteiger partial charge in [-0.15, -0.1) is 5.10 Å². The summed E-state index contributed by atoms with van der Waals surface area (Å²) in [5.74, 6) is 0.496. The average Bonchev–Trinajstić information content (AvgIpc) is 3.02. The topological polar surface area (TPSA) is 89.0 Å². The summed E-state index contributed by atoms with van der Waals surface area (Å²) in [7, 11) is 0. The predicted octanol–water partition coefficient (Wildman–Crippen LogP) is 4.39. The quantitative estimate of drug-likeness (QED) is 0.700. The SMILES string of the molecule is O=C(Nc1cccc(C(F)(F)F)c1)Nc1nnc(Oc2ccncc2)s1.